The van der Waals surface area contributed by atoms with E-state index in [2.05, 4.69) is 4.98 Å². The SMILES string of the molecule is CCOC(=O)c1nc2cc(C(C)=O)ccn2c1C(=O)c1ccccc1. The van der Waals surface area contributed by atoms with Crippen LogP contribution in [0.25, 0.3) is 5.65 Å². The van der Waals surface area contributed by atoms with E-state index in [0.29, 0.717) is 16.8 Å². The molecule has 0 fully saturated rings. The van der Waals surface area contributed by atoms with E-state index in [9.17, 15) is 14.4 Å². The van der Waals surface area contributed by atoms with Crippen molar-refractivity contribution < 1.29 is 19.1 Å². The Bertz CT molecular complexity index is 974. The molecule has 2 heterocycles. The standard InChI is InChI=1S/C19H16N2O4/c1-3-25-19(24)16-17(18(23)13-7-5-4-6-8-13)21-10-9-14(12(2)22)11-15(21)20-16/h4-11H,3H2,1-2H3. The van der Waals surface area contributed by atoms with Gasteiger partial charge < -0.3 is 4.74 Å². The molecule has 0 unspecified atom stereocenters. The lowest BCUT2D eigenvalue weighted by atomic mass is 10.1. The largest absolute Gasteiger partial charge is 0.461 e. The number of carbonyl (C=O) groups excluding carboxylic acids is 3. The van der Waals surface area contributed by atoms with Crippen LogP contribution in [0.2, 0.25) is 0 Å². The Morgan fingerprint density at radius 2 is 1.80 bits per heavy atom. The zero-order valence-electron chi connectivity index (χ0n) is 13.9. The van der Waals surface area contributed by atoms with E-state index >= 15 is 0 Å². The van der Waals surface area contributed by atoms with Crippen LogP contribution < -0.4 is 0 Å². The summed E-state index contributed by atoms with van der Waals surface area (Å²) in [4.78, 5) is 41.0. The van der Waals surface area contributed by atoms with Crippen LogP contribution in [0.5, 0.6) is 0 Å². The molecule has 0 aliphatic heterocycles. The molecule has 0 saturated heterocycles. The fourth-order valence-corrected chi connectivity index (χ4v) is 2.55. The molecule has 0 saturated carbocycles. The van der Waals surface area contributed by atoms with Crippen LogP contribution in [-0.4, -0.2) is 33.5 Å². The number of nitrogens with zero attached hydrogens (tertiary/aromatic N) is 2. The number of imidazole rings is 1. The van der Waals surface area contributed by atoms with Gasteiger partial charge in [0.15, 0.2) is 11.5 Å². The highest BCUT2D eigenvalue weighted by Gasteiger charge is 2.26. The lowest BCUT2D eigenvalue weighted by molar-refractivity contribution is 0.0517. The molecule has 6 nitrogen and oxygen atoms in total. The minimum Gasteiger partial charge on any atom is -0.461 e. The number of ether oxygens (including phenoxy) is 1. The number of carbonyl (C=O) groups is 3. The van der Waals surface area contributed by atoms with Gasteiger partial charge in [0.25, 0.3) is 0 Å². The fourth-order valence-electron chi connectivity index (χ4n) is 2.55. The molecular weight excluding hydrogens is 320 g/mol. The van der Waals surface area contributed by atoms with Crippen LogP contribution in [0.4, 0.5) is 0 Å². The van der Waals surface area contributed by atoms with Crippen molar-refractivity contribution in [2.45, 2.75) is 13.8 Å². The van der Waals surface area contributed by atoms with Gasteiger partial charge in [0.1, 0.15) is 11.3 Å². The fraction of sp³-hybridized carbons (Fsp3) is 0.158. The highest BCUT2D eigenvalue weighted by atomic mass is 16.5. The van der Waals surface area contributed by atoms with E-state index in [1.807, 2.05) is 0 Å². The molecule has 3 rings (SSSR count). The van der Waals surface area contributed by atoms with E-state index < -0.39 is 5.97 Å². The number of fused-ring (bicyclic) bond motifs is 1. The number of pyridine rings is 1. The van der Waals surface area contributed by atoms with Gasteiger partial charge >= 0.3 is 5.97 Å². The first kappa shape index (κ1) is 16.6. The number of hydrogen-bond donors (Lipinski definition) is 0. The van der Waals surface area contributed by atoms with Crippen molar-refractivity contribution in [1.29, 1.82) is 0 Å². The van der Waals surface area contributed by atoms with E-state index in [0.717, 1.165) is 0 Å². The van der Waals surface area contributed by atoms with Crippen LogP contribution in [0.15, 0.2) is 48.7 Å². The van der Waals surface area contributed by atoms with Crippen LogP contribution in [0.1, 0.15) is 50.7 Å². The topological polar surface area (TPSA) is 77.7 Å². The second-order valence-corrected chi connectivity index (χ2v) is 5.42. The van der Waals surface area contributed by atoms with Crippen LogP contribution >= 0.6 is 0 Å². The van der Waals surface area contributed by atoms with Crippen LogP contribution in [-0.2, 0) is 4.74 Å². The van der Waals surface area contributed by atoms with Gasteiger partial charge in [-0.3, -0.25) is 14.0 Å². The number of aromatic nitrogens is 2. The third-order valence-electron chi connectivity index (χ3n) is 3.75. The maximum Gasteiger partial charge on any atom is 0.359 e. The molecule has 0 aliphatic rings. The summed E-state index contributed by atoms with van der Waals surface area (Å²) in [5.41, 5.74) is 1.29. The Morgan fingerprint density at radius 1 is 1.08 bits per heavy atom. The Balaban J connectivity index is 2.23. The normalized spacial score (nSPS) is 10.6. The summed E-state index contributed by atoms with van der Waals surface area (Å²) in [5, 5.41) is 0. The summed E-state index contributed by atoms with van der Waals surface area (Å²) in [6.45, 7) is 3.29. The number of rotatable bonds is 5. The van der Waals surface area contributed by atoms with Gasteiger partial charge in [-0.15, -0.1) is 0 Å². The highest BCUT2D eigenvalue weighted by Crippen LogP contribution is 2.19. The second-order valence-electron chi connectivity index (χ2n) is 5.42. The first-order chi connectivity index (χ1) is 12.0. The average Bonchev–Trinajstić information content (AvgIpc) is 3.00. The first-order valence-electron chi connectivity index (χ1n) is 7.82. The molecule has 6 heteroatoms. The number of hydrogen-bond acceptors (Lipinski definition) is 5. The van der Waals surface area contributed by atoms with Gasteiger partial charge in [0, 0.05) is 17.3 Å². The smallest absolute Gasteiger partial charge is 0.359 e. The number of Topliss-reactive ketones (excluding diaryl/α,β-unsaturated/α-hetero) is 1. The molecule has 1 aromatic carbocycles. The Kier molecular flexibility index (Phi) is 4.43. The number of ketones is 2. The van der Waals surface area contributed by atoms with E-state index in [1.54, 1.807) is 55.6 Å². The highest BCUT2D eigenvalue weighted by molar-refractivity contribution is 6.13. The van der Waals surface area contributed by atoms with Crippen molar-refractivity contribution in [2.24, 2.45) is 0 Å². The third-order valence-corrected chi connectivity index (χ3v) is 3.75. The van der Waals surface area contributed by atoms with Gasteiger partial charge in [-0.2, -0.15) is 0 Å². The molecule has 0 atom stereocenters. The minimum absolute atomic E-state index is 0.0589. The van der Waals surface area contributed by atoms with E-state index in [-0.39, 0.29) is 29.6 Å². The third kappa shape index (κ3) is 3.06. The van der Waals surface area contributed by atoms with Crippen molar-refractivity contribution in [2.75, 3.05) is 6.61 Å². The Morgan fingerprint density at radius 3 is 2.44 bits per heavy atom. The van der Waals surface area contributed by atoms with Crippen molar-refractivity contribution in [3.63, 3.8) is 0 Å². The van der Waals surface area contributed by atoms with Crippen molar-refractivity contribution >= 4 is 23.2 Å². The minimum atomic E-state index is -0.671. The first-order valence-corrected chi connectivity index (χ1v) is 7.82. The molecule has 0 amide bonds. The molecule has 25 heavy (non-hydrogen) atoms. The molecule has 0 aliphatic carbocycles. The van der Waals surface area contributed by atoms with Crippen LogP contribution in [0, 0.1) is 0 Å². The lowest BCUT2D eigenvalue weighted by Gasteiger charge is -2.05. The predicted octanol–water partition coefficient (Wildman–Crippen LogP) is 2.94. The van der Waals surface area contributed by atoms with Crippen LogP contribution in [0.3, 0.4) is 0 Å². The lowest BCUT2D eigenvalue weighted by Crippen LogP contribution is -2.14. The summed E-state index contributed by atoms with van der Waals surface area (Å²) in [7, 11) is 0. The van der Waals surface area contributed by atoms with Gasteiger partial charge in [-0.1, -0.05) is 30.3 Å². The van der Waals surface area contributed by atoms with Gasteiger partial charge in [0.05, 0.1) is 6.61 Å². The molecule has 0 radical (unpaired) electrons. The van der Waals surface area contributed by atoms with E-state index in [1.165, 1.54) is 11.3 Å². The zero-order valence-corrected chi connectivity index (χ0v) is 13.9. The monoisotopic (exact) mass is 336 g/mol. The molecule has 126 valence electrons. The summed E-state index contributed by atoms with van der Waals surface area (Å²) in [6.07, 6.45) is 1.57. The van der Waals surface area contributed by atoms with Gasteiger partial charge in [-0.05, 0) is 26.0 Å². The summed E-state index contributed by atoms with van der Waals surface area (Å²) in [5.74, 6) is -1.14. The second kappa shape index (κ2) is 6.68. The maximum absolute atomic E-state index is 12.9. The summed E-state index contributed by atoms with van der Waals surface area (Å²) in [6, 6.07) is 11.8. The number of esters is 1. The predicted molar refractivity (Wildman–Crippen MR) is 91.0 cm³/mol. The average molecular weight is 336 g/mol. The van der Waals surface area contributed by atoms with E-state index in [4.69, 9.17) is 4.74 Å². The Labute approximate surface area is 144 Å². The van der Waals surface area contributed by atoms with Gasteiger partial charge in [-0.25, -0.2) is 9.78 Å². The molecule has 0 spiro atoms. The maximum atomic E-state index is 12.9. The molecule has 0 bridgehead atoms. The van der Waals surface area contributed by atoms with Crippen molar-refractivity contribution in [3.05, 3.63) is 71.2 Å². The number of benzene rings is 1. The summed E-state index contributed by atoms with van der Waals surface area (Å²) < 4.78 is 6.54. The van der Waals surface area contributed by atoms with Crippen molar-refractivity contribution in [1.82, 2.24) is 9.38 Å². The Hall–Kier alpha value is -3.28. The van der Waals surface area contributed by atoms with Gasteiger partial charge in [0.2, 0.25) is 5.78 Å². The zero-order chi connectivity index (χ0) is 18.0. The molecule has 3 aromatic rings. The summed E-state index contributed by atoms with van der Waals surface area (Å²) >= 11 is 0. The quantitative estimate of drug-likeness (QED) is 0.529. The molecular formula is C19H16N2O4. The molecule has 2 aromatic heterocycles. The van der Waals surface area contributed by atoms with Crippen molar-refractivity contribution in [3.8, 4) is 0 Å². The molecule has 0 N–H and O–H groups in total.